The van der Waals surface area contributed by atoms with E-state index in [-0.39, 0.29) is 5.91 Å². The molecule has 98 valence electrons. The zero-order chi connectivity index (χ0) is 13.8. The number of halogens is 2. The summed E-state index contributed by atoms with van der Waals surface area (Å²) in [5.74, 6) is -0.202. The Morgan fingerprint density at radius 3 is 2.68 bits per heavy atom. The molecule has 1 heterocycles. The lowest BCUT2D eigenvalue weighted by Gasteiger charge is -2.07. The van der Waals surface area contributed by atoms with E-state index in [0.717, 1.165) is 5.56 Å². The Morgan fingerprint density at radius 1 is 1.26 bits per heavy atom. The number of pyridine rings is 1. The molecule has 19 heavy (non-hydrogen) atoms. The quantitative estimate of drug-likeness (QED) is 0.879. The number of aryl methyl sites for hydroxylation is 1. The molecule has 2 rings (SSSR count). The Bertz CT molecular complexity index is 594. The molecule has 0 fully saturated rings. The first kappa shape index (κ1) is 13.8. The van der Waals surface area contributed by atoms with E-state index in [1.807, 2.05) is 18.2 Å². The zero-order valence-corrected chi connectivity index (χ0v) is 11.8. The van der Waals surface area contributed by atoms with Gasteiger partial charge in [-0.3, -0.25) is 4.79 Å². The van der Waals surface area contributed by atoms with E-state index in [9.17, 15) is 4.79 Å². The summed E-state index contributed by atoms with van der Waals surface area (Å²) in [7, 11) is 0. The maximum absolute atomic E-state index is 12.0. The van der Waals surface area contributed by atoms with Crippen molar-refractivity contribution < 1.29 is 4.79 Å². The van der Waals surface area contributed by atoms with Gasteiger partial charge in [0.2, 0.25) is 0 Å². The van der Waals surface area contributed by atoms with Crippen LogP contribution in [0.25, 0.3) is 0 Å². The molecule has 0 aliphatic heterocycles. The smallest absolute Gasteiger partial charge is 0.251 e. The average molecular weight is 295 g/mol. The molecule has 0 radical (unpaired) electrons. The first-order valence-electron chi connectivity index (χ1n) is 5.72. The van der Waals surface area contributed by atoms with Crippen LogP contribution >= 0.6 is 23.2 Å². The third kappa shape index (κ3) is 3.69. The number of nitrogens with one attached hydrogen (secondary N) is 1. The maximum atomic E-state index is 12.0. The van der Waals surface area contributed by atoms with E-state index in [1.54, 1.807) is 19.1 Å². The molecule has 0 atom stereocenters. The van der Waals surface area contributed by atoms with Crippen LogP contribution in [0.3, 0.4) is 0 Å². The Hall–Kier alpha value is -1.58. The summed E-state index contributed by atoms with van der Waals surface area (Å²) in [4.78, 5) is 16.0. The van der Waals surface area contributed by atoms with Crippen LogP contribution in [0.1, 0.15) is 21.6 Å². The molecule has 0 aliphatic carbocycles. The number of nitrogens with zero attached hydrogens (tertiary/aromatic N) is 1. The van der Waals surface area contributed by atoms with E-state index < -0.39 is 0 Å². The minimum atomic E-state index is -0.202. The van der Waals surface area contributed by atoms with Gasteiger partial charge in [0.05, 0.1) is 0 Å². The number of hydrogen-bond donors (Lipinski definition) is 1. The molecule has 5 heteroatoms. The van der Waals surface area contributed by atoms with E-state index in [1.165, 1.54) is 6.07 Å². The summed E-state index contributed by atoms with van der Waals surface area (Å²) in [6, 6.07) is 10.6. The van der Waals surface area contributed by atoms with Crippen LogP contribution in [0.5, 0.6) is 0 Å². The molecule has 0 unspecified atom stereocenters. The fraction of sp³-hybridized carbons (Fsp3) is 0.143. The third-order valence-electron chi connectivity index (χ3n) is 2.58. The highest BCUT2D eigenvalue weighted by Gasteiger charge is 2.08. The third-order valence-corrected chi connectivity index (χ3v) is 3.14. The number of carbonyl (C=O) groups excluding carboxylic acids is 1. The van der Waals surface area contributed by atoms with Gasteiger partial charge in [-0.05, 0) is 30.7 Å². The van der Waals surface area contributed by atoms with Crippen LogP contribution in [-0.2, 0) is 6.54 Å². The highest BCUT2D eigenvalue weighted by Crippen LogP contribution is 2.15. The topological polar surface area (TPSA) is 42.0 Å². The van der Waals surface area contributed by atoms with Crippen molar-refractivity contribution >= 4 is 29.1 Å². The second-order valence-corrected chi connectivity index (χ2v) is 4.89. The minimum Gasteiger partial charge on any atom is -0.348 e. The van der Waals surface area contributed by atoms with Gasteiger partial charge in [0.15, 0.2) is 0 Å². The van der Waals surface area contributed by atoms with E-state index >= 15 is 0 Å². The second-order valence-electron chi connectivity index (χ2n) is 4.09. The van der Waals surface area contributed by atoms with Crippen molar-refractivity contribution in [3.8, 4) is 0 Å². The standard InChI is InChI=1S/C14H12Cl2N2O/c1-9-6-11(7-13(16)18-9)14(19)17-8-10-4-2-3-5-12(10)15/h2-7H,8H2,1H3,(H,17,19). The van der Waals surface area contributed by atoms with Gasteiger partial charge in [0.1, 0.15) is 5.15 Å². The molecule has 1 amide bonds. The van der Waals surface area contributed by atoms with Crippen molar-refractivity contribution in [3.63, 3.8) is 0 Å². The lowest BCUT2D eigenvalue weighted by molar-refractivity contribution is 0.0950. The molecule has 0 bridgehead atoms. The zero-order valence-electron chi connectivity index (χ0n) is 10.3. The summed E-state index contributed by atoms with van der Waals surface area (Å²) >= 11 is 11.8. The van der Waals surface area contributed by atoms with Crippen LogP contribution < -0.4 is 5.32 Å². The highest BCUT2D eigenvalue weighted by molar-refractivity contribution is 6.31. The van der Waals surface area contributed by atoms with Gasteiger partial charge in [-0.25, -0.2) is 4.98 Å². The Balaban J connectivity index is 2.08. The number of amides is 1. The average Bonchev–Trinajstić information content (AvgIpc) is 2.36. The van der Waals surface area contributed by atoms with Gasteiger partial charge >= 0.3 is 0 Å². The number of aromatic nitrogens is 1. The normalized spacial score (nSPS) is 10.3. The summed E-state index contributed by atoms with van der Waals surface area (Å²) in [5, 5.41) is 3.74. The lowest BCUT2D eigenvalue weighted by Crippen LogP contribution is -2.23. The van der Waals surface area contributed by atoms with Gasteiger partial charge in [-0.15, -0.1) is 0 Å². The lowest BCUT2D eigenvalue weighted by atomic mass is 10.2. The number of hydrogen-bond acceptors (Lipinski definition) is 2. The van der Waals surface area contributed by atoms with Crippen molar-refractivity contribution in [1.82, 2.24) is 10.3 Å². The fourth-order valence-corrected chi connectivity index (χ4v) is 2.13. The summed E-state index contributed by atoms with van der Waals surface area (Å²) < 4.78 is 0. The van der Waals surface area contributed by atoms with Crippen LogP contribution in [0.15, 0.2) is 36.4 Å². The van der Waals surface area contributed by atoms with Crippen molar-refractivity contribution in [2.24, 2.45) is 0 Å². The largest absolute Gasteiger partial charge is 0.348 e. The molecule has 0 saturated carbocycles. The Labute approximate surface area is 121 Å². The van der Waals surface area contributed by atoms with Gasteiger partial charge in [-0.2, -0.15) is 0 Å². The Kier molecular flexibility index (Phi) is 4.40. The number of benzene rings is 1. The van der Waals surface area contributed by atoms with Gasteiger partial charge in [0.25, 0.3) is 5.91 Å². The van der Waals surface area contributed by atoms with Crippen molar-refractivity contribution in [1.29, 1.82) is 0 Å². The van der Waals surface area contributed by atoms with Crippen molar-refractivity contribution in [3.05, 3.63) is 63.4 Å². The molecule has 2 aromatic rings. The molecule has 0 aliphatic rings. The monoisotopic (exact) mass is 294 g/mol. The van der Waals surface area contributed by atoms with Gasteiger partial charge < -0.3 is 5.32 Å². The van der Waals surface area contributed by atoms with Crippen molar-refractivity contribution in [2.75, 3.05) is 0 Å². The van der Waals surface area contributed by atoms with Crippen LogP contribution in [0.4, 0.5) is 0 Å². The molecule has 1 N–H and O–H groups in total. The summed E-state index contributed by atoms with van der Waals surface area (Å²) in [5.41, 5.74) is 2.06. The molecule has 1 aromatic carbocycles. The fourth-order valence-electron chi connectivity index (χ4n) is 1.68. The van der Waals surface area contributed by atoms with Crippen LogP contribution in [0, 0.1) is 6.92 Å². The van der Waals surface area contributed by atoms with E-state index in [0.29, 0.717) is 28.0 Å². The highest BCUT2D eigenvalue weighted by atomic mass is 35.5. The summed E-state index contributed by atoms with van der Waals surface area (Å²) in [6.45, 7) is 2.16. The molecule has 1 aromatic heterocycles. The predicted octanol–water partition coefficient (Wildman–Crippen LogP) is 3.63. The maximum Gasteiger partial charge on any atom is 0.251 e. The SMILES string of the molecule is Cc1cc(C(=O)NCc2ccccc2Cl)cc(Cl)n1. The predicted molar refractivity (Wildman–Crippen MR) is 76.6 cm³/mol. The van der Waals surface area contributed by atoms with Crippen LogP contribution in [0.2, 0.25) is 10.2 Å². The second kappa shape index (κ2) is 6.04. The minimum absolute atomic E-state index is 0.202. The molecular weight excluding hydrogens is 283 g/mol. The molecule has 0 saturated heterocycles. The van der Waals surface area contributed by atoms with E-state index in [2.05, 4.69) is 10.3 Å². The molecular formula is C14H12Cl2N2O. The molecule has 0 spiro atoms. The van der Waals surface area contributed by atoms with Gasteiger partial charge in [0, 0.05) is 22.8 Å². The number of rotatable bonds is 3. The van der Waals surface area contributed by atoms with Gasteiger partial charge in [-0.1, -0.05) is 41.4 Å². The Morgan fingerprint density at radius 2 is 2.00 bits per heavy atom. The van der Waals surface area contributed by atoms with Crippen LogP contribution in [-0.4, -0.2) is 10.9 Å². The van der Waals surface area contributed by atoms with E-state index in [4.69, 9.17) is 23.2 Å². The van der Waals surface area contributed by atoms with Crippen molar-refractivity contribution in [2.45, 2.75) is 13.5 Å². The first-order valence-corrected chi connectivity index (χ1v) is 6.47. The summed E-state index contributed by atoms with van der Waals surface area (Å²) in [6.07, 6.45) is 0. The molecule has 3 nitrogen and oxygen atoms in total. The first-order chi connectivity index (χ1) is 9.06. The number of carbonyl (C=O) groups is 1.